The second kappa shape index (κ2) is 7.02. The van der Waals surface area contributed by atoms with Gasteiger partial charge in [0.1, 0.15) is 5.75 Å². The monoisotopic (exact) mass is 262 g/mol. The lowest BCUT2D eigenvalue weighted by Crippen LogP contribution is -2.25. The van der Waals surface area contributed by atoms with Crippen LogP contribution in [0.1, 0.15) is 39.0 Å². The zero-order chi connectivity index (χ0) is 13.5. The first-order valence-electron chi connectivity index (χ1n) is 7.10. The smallest absolute Gasteiger partial charge is 0.262 e. The van der Waals surface area contributed by atoms with Crippen molar-refractivity contribution >= 4 is 17.3 Å². The van der Waals surface area contributed by atoms with Crippen LogP contribution in [-0.4, -0.2) is 19.1 Å². The van der Waals surface area contributed by atoms with Crippen molar-refractivity contribution in [3.8, 4) is 5.75 Å². The fourth-order valence-electron chi connectivity index (χ4n) is 2.15. The maximum Gasteiger partial charge on any atom is 0.262 e. The van der Waals surface area contributed by atoms with Crippen LogP contribution in [0.15, 0.2) is 18.2 Å². The Labute approximate surface area is 114 Å². The van der Waals surface area contributed by atoms with Crippen LogP contribution < -0.4 is 15.4 Å². The van der Waals surface area contributed by atoms with E-state index >= 15 is 0 Å². The molecule has 0 atom stereocenters. The van der Waals surface area contributed by atoms with Crippen molar-refractivity contribution in [1.82, 2.24) is 0 Å². The van der Waals surface area contributed by atoms with E-state index in [0.29, 0.717) is 0 Å². The number of carbonyl (C=O) groups is 1. The average molecular weight is 262 g/mol. The number of unbranched alkanes of at least 4 members (excludes halogenated alkanes) is 4. The number of amides is 1. The molecular weight excluding hydrogens is 240 g/mol. The molecule has 0 saturated carbocycles. The minimum absolute atomic E-state index is 0.0933. The zero-order valence-corrected chi connectivity index (χ0v) is 11.5. The summed E-state index contributed by atoms with van der Waals surface area (Å²) in [4.78, 5) is 11.2. The Balaban J connectivity index is 1.78. The number of fused-ring (bicyclic) bond motifs is 1. The first-order chi connectivity index (χ1) is 9.29. The van der Waals surface area contributed by atoms with E-state index in [4.69, 9.17) is 4.74 Å². The van der Waals surface area contributed by atoms with Gasteiger partial charge in [0.2, 0.25) is 0 Å². The molecule has 2 N–H and O–H groups in total. The zero-order valence-electron chi connectivity index (χ0n) is 11.5. The van der Waals surface area contributed by atoms with E-state index in [1.165, 1.54) is 32.1 Å². The summed E-state index contributed by atoms with van der Waals surface area (Å²) in [5, 5.41) is 6.19. The highest BCUT2D eigenvalue weighted by atomic mass is 16.5. The van der Waals surface area contributed by atoms with Crippen molar-refractivity contribution in [3.05, 3.63) is 18.2 Å². The minimum atomic E-state index is -0.0933. The van der Waals surface area contributed by atoms with E-state index in [0.717, 1.165) is 23.7 Å². The molecule has 0 bridgehead atoms. The summed E-state index contributed by atoms with van der Waals surface area (Å²) in [6, 6.07) is 5.81. The standard InChI is InChI=1S/C15H22N2O2/c1-2-3-4-5-6-9-16-12-7-8-14-13(10-12)17-15(18)11-19-14/h7-8,10,16H,2-6,9,11H2,1H3,(H,17,18). The molecular formula is C15H22N2O2. The quantitative estimate of drug-likeness (QED) is 0.740. The molecule has 0 radical (unpaired) electrons. The fourth-order valence-corrected chi connectivity index (χ4v) is 2.15. The highest BCUT2D eigenvalue weighted by Crippen LogP contribution is 2.30. The number of benzene rings is 1. The van der Waals surface area contributed by atoms with Crippen molar-refractivity contribution < 1.29 is 9.53 Å². The summed E-state index contributed by atoms with van der Waals surface area (Å²) in [6.45, 7) is 3.30. The molecule has 2 rings (SSSR count). The van der Waals surface area contributed by atoms with Gasteiger partial charge in [-0.1, -0.05) is 32.6 Å². The Morgan fingerprint density at radius 1 is 1.26 bits per heavy atom. The Morgan fingerprint density at radius 3 is 2.95 bits per heavy atom. The summed E-state index contributed by atoms with van der Waals surface area (Å²) in [5.41, 5.74) is 1.78. The number of ether oxygens (including phenoxy) is 1. The topological polar surface area (TPSA) is 50.4 Å². The summed E-state index contributed by atoms with van der Waals surface area (Å²) in [5.74, 6) is 0.650. The van der Waals surface area contributed by atoms with Gasteiger partial charge in [-0.2, -0.15) is 0 Å². The number of nitrogens with one attached hydrogen (secondary N) is 2. The fraction of sp³-hybridized carbons (Fsp3) is 0.533. The average Bonchev–Trinajstić information content (AvgIpc) is 2.42. The first-order valence-corrected chi connectivity index (χ1v) is 7.10. The summed E-state index contributed by atoms with van der Waals surface area (Å²) < 4.78 is 5.32. The molecule has 1 heterocycles. The molecule has 1 aromatic carbocycles. The van der Waals surface area contributed by atoms with Gasteiger partial charge in [0, 0.05) is 12.2 Å². The lowest BCUT2D eigenvalue weighted by Gasteiger charge is -2.18. The largest absolute Gasteiger partial charge is 0.482 e. The predicted molar refractivity (Wildman–Crippen MR) is 77.8 cm³/mol. The van der Waals surface area contributed by atoms with Gasteiger partial charge in [-0.25, -0.2) is 0 Å². The minimum Gasteiger partial charge on any atom is -0.482 e. The maximum absolute atomic E-state index is 11.2. The molecule has 19 heavy (non-hydrogen) atoms. The molecule has 4 heteroatoms. The summed E-state index contributed by atoms with van der Waals surface area (Å²) in [7, 11) is 0. The Morgan fingerprint density at radius 2 is 2.11 bits per heavy atom. The van der Waals surface area contributed by atoms with Gasteiger partial charge in [0.25, 0.3) is 5.91 Å². The van der Waals surface area contributed by atoms with Gasteiger partial charge in [0.05, 0.1) is 5.69 Å². The van der Waals surface area contributed by atoms with E-state index in [2.05, 4.69) is 17.6 Å². The number of hydrogen-bond donors (Lipinski definition) is 2. The third-order valence-corrected chi connectivity index (χ3v) is 3.22. The van der Waals surface area contributed by atoms with Crippen LogP contribution in [0.4, 0.5) is 11.4 Å². The van der Waals surface area contributed by atoms with E-state index < -0.39 is 0 Å². The van der Waals surface area contributed by atoms with Gasteiger partial charge in [-0.05, 0) is 24.6 Å². The summed E-state index contributed by atoms with van der Waals surface area (Å²) in [6.07, 6.45) is 6.36. The molecule has 0 fully saturated rings. The van der Waals surface area contributed by atoms with Crippen molar-refractivity contribution in [3.63, 3.8) is 0 Å². The Bertz CT molecular complexity index is 432. The lowest BCUT2D eigenvalue weighted by molar-refractivity contribution is -0.118. The van der Waals surface area contributed by atoms with Gasteiger partial charge < -0.3 is 15.4 Å². The van der Waals surface area contributed by atoms with Crippen LogP contribution in [0.5, 0.6) is 5.75 Å². The number of anilines is 2. The molecule has 1 amide bonds. The lowest BCUT2D eigenvalue weighted by atomic mass is 10.1. The van der Waals surface area contributed by atoms with Crippen molar-refractivity contribution in [2.45, 2.75) is 39.0 Å². The molecule has 4 nitrogen and oxygen atoms in total. The Hall–Kier alpha value is -1.71. The van der Waals surface area contributed by atoms with Crippen molar-refractivity contribution in [2.24, 2.45) is 0 Å². The van der Waals surface area contributed by atoms with Crippen LogP contribution in [0.3, 0.4) is 0 Å². The van der Waals surface area contributed by atoms with E-state index in [1.807, 2.05) is 18.2 Å². The van der Waals surface area contributed by atoms with Crippen molar-refractivity contribution in [1.29, 1.82) is 0 Å². The first kappa shape index (κ1) is 13.7. The second-order valence-electron chi connectivity index (χ2n) is 4.89. The van der Waals surface area contributed by atoms with E-state index in [1.54, 1.807) is 0 Å². The van der Waals surface area contributed by atoms with Gasteiger partial charge in [-0.15, -0.1) is 0 Å². The second-order valence-corrected chi connectivity index (χ2v) is 4.89. The predicted octanol–water partition coefficient (Wildman–Crippen LogP) is 3.40. The molecule has 1 aliphatic rings. The molecule has 0 saturated heterocycles. The van der Waals surface area contributed by atoms with E-state index in [-0.39, 0.29) is 12.5 Å². The van der Waals surface area contributed by atoms with Crippen LogP contribution in [-0.2, 0) is 4.79 Å². The van der Waals surface area contributed by atoms with Gasteiger partial charge in [0.15, 0.2) is 6.61 Å². The van der Waals surface area contributed by atoms with Crippen LogP contribution in [0.25, 0.3) is 0 Å². The molecule has 1 aliphatic heterocycles. The third kappa shape index (κ3) is 4.16. The van der Waals surface area contributed by atoms with Gasteiger partial charge >= 0.3 is 0 Å². The number of carbonyl (C=O) groups excluding carboxylic acids is 1. The highest BCUT2D eigenvalue weighted by Gasteiger charge is 2.15. The highest BCUT2D eigenvalue weighted by molar-refractivity contribution is 5.95. The van der Waals surface area contributed by atoms with Crippen LogP contribution >= 0.6 is 0 Å². The van der Waals surface area contributed by atoms with Crippen molar-refractivity contribution in [2.75, 3.05) is 23.8 Å². The molecule has 0 unspecified atom stereocenters. The molecule has 0 aliphatic carbocycles. The van der Waals surface area contributed by atoms with Crippen LogP contribution in [0.2, 0.25) is 0 Å². The van der Waals surface area contributed by atoms with E-state index in [9.17, 15) is 4.79 Å². The molecule has 104 valence electrons. The SMILES string of the molecule is CCCCCCCNc1ccc2c(c1)NC(=O)CO2. The maximum atomic E-state index is 11.2. The van der Waals surface area contributed by atoms with Crippen LogP contribution in [0, 0.1) is 0 Å². The number of rotatable bonds is 7. The molecule has 0 aromatic heterocycles. The van der Waals surface area contributed by atoms with Gasteiger partial charge in [-0.3, -0.25) is 4.79 Å². The number of hydrogen-bond acceptors (Lipinski definition) is 3. The third-order valence-electron chi connectivity index (χ3n) is 3.22. The Kier molecular flexibility index (Phi) is 5.07. The molecule has 0 spiro atoms. The summed E-state index contributed by atoms with van der Waals surface area (Å²) >= 11 is 0. The molecule has 1 aromatic rings. The normalized spacial score (nSPS) is 13.4.